The van der Waals surface area contributed by atoms with Gasteiger partial charge in [-0.2, -0.15) is 0 Å². The molecular formula is C4H7NOS. The van der Waals surface area contributed by atoms with Crippen LogP contribution in [0.15, 0.2) is 11.6 Å². The SMILES string of the molecule is OCN1C=CSC1. The molecule has 1 aliphatic rings. The molecule has 2 nitrogen and oxygen atoms in total. The Labute approximate surface area is 46.8 Å². The lowest BCUT2D eigenvalue weighted by molar-refractivity contribution is 0.172. The van der Waals surface area contributed by atoms with E-state index in [1.807, 2.05) is 16.5 Å². The van der Waals surface area contributed by atoms with E-state index in [-0.39, 0.29) is 6.73 Å². The normalized spacial score (nSPS) is 18.7. The van der Waals surface area contributed by atoms with Crippen molar-refractivity contribution in [2.24, 2.45) is 0 Å². The molecule has 0 fully saturated rings. The summed E-state index contributed by atoms with van der Waals surface area (Å²) < 4.78 is 0. The van der Waals surface area contributed by atoms with Crippen molar-refractivity contribution >= 4 is 11.8 Å². The second kappa shape index (κ2) is 2.23. The molecule has 3 heteroatoms. The molecule has 1 N–H and O–H groups in total. The Kier molecular flexibility index (Phi) is 1.59. The van der Waals surface area contributed by atoms with Crippen molar-refractivity contribution in [1.82, 2.24) is 4.90 Å². The minimum absolute atomic E-state index is 0.142. The molecule has 0 bridgehead atoms. The van der Waals surface area contributed by atoms with Gasteiger partial charge < -0.3 is 10.0 Å². The summed E-state index contributed by atoms with van der Waals surface area (Å²) in [6, 6.07) is 0. The van der Waals surface area contributed by atoms with Crippen molar-refractivity contribution in [2.45, 2.75) is 0 Å². The molecule has 7 heavy (non-hydrogen) atoms. The first-order chi connectivity index (χ1) is 3.43. The molecule has 0 spiro atoms. The van der Waals surface area contributed by atoms with Gasteiger partial charge in [0.1, 0.15) is 6.73 Å². The van der Waals surface area contributed by atoms with Crippen LogP contribution in [0.25, 0.3) is 0 Å². The first-order valence-electron chi connectivity index (χ1n) is 2.06. The lowest BCUT2D eigenvalue weighted by atomic mass is 10.8. The van der Waals surface area contributed by atoms with Crippen LogP contribution >= 0.6 is 11.8 Å². The van der Waals surface area contributed by atoms with Gasteiger partial charge in [-0.1, -0.05) is 0 Å². The smallest absolute Gasteiger partial charge is 0.115 e. The predicted octanol–water partition coefficient (Wildman–Crippen LogP) is 0.414. The first kappa shape index (κ1) is 5.00. The van der Waals surface area contributed by atoms with Crippen molar-refractivity contribution in [3.8, 4) is 0 Å². The summed E-state index contributed by atoms with van der Waals surface area (Å²) >= 11 is 1.69. The second-order valence-corrected chi connectivity index (χ2v) is 2.17. The zero-order valence-corrected chi connectivity index (χ0v) is 4.69. The molecule has 1 rings (SSSR count). The average molecular weight is 117 g/mol. The van der Waals surface area contributed by atoms with Crippen LogP contribution in [0.1, 0.15) is 0 Å². The summed E-state index contributed by atoms with van der Waals surface area (Å²) in [6.45, 7) is 0.142. The van der Waals surface area contributed by atoms with Gasteiger partial charge in [-0.3, -0.25) is 0 Å². The van der Waals surface area contributed by atoms with Gasteiger partial charge in [0, 0.05) is 6.20 Å². The fraction of sp³-hybridized carbons (Fsp3) is 0.500. The van der Waals surface area contributed by atoms with Gasteiger partial charge in [0.25, 0.3) is 0 Å². The van der Waals surface area contributed by atoms with E-state index in [0.717, 1.165) is 5.88 Å². The highest BCUT2D eigenvalue weighted by Gasteiger charge is 1.99. The quantitative estimate of drug-likeness (QED) is 0.538. The van der Waals surface area contributed by atoms with E-state index in [0.29, 0.717) is 0 Å². The summed E-state index contributed by atoms with van der Waals surface area (Å²) in [6.07, 6.45) is 1.88. The molecule has 40 valence electrons. The van der Waals surface area contributed by atoms with Crippen molar-refractivity contribution < 1.29 is 5.11 Å². The summed E-state index contributed by atoms with van der Waals surface area (Å²) in [5.41, 5.74) is 0. The molecule has 0 amide bonds. The number of rotatable bonds is 1. The number of hydrogen-bond acceptors (Lipinski definition) is 3. The maximum Gasteiger partial charge on any atom is 0.115 e. The van der Waals surface area contributed by atoms with E-state index in [4.69, 9.17) is 5.11 Å². The molecule has 1 heterocycles. The average Bonchev–Trinajstić information content (AvgIpc) is 2.14. The molecule has 0 aromatic rings. The molecule has 0 radical (unpaired) electrons. The van der Waals surface area contributed by atoms with Crippen LogP contribution in [0, 0.1) is 0 Å². The van der Waals surface area contributed by atoms with Crippen molar-refractivity contribution in [3.63, 3.8) is 0 Å². The summed E-state index contributed by atoms with van der Waals surface area (Å²) in [5.74, 6) is 0.899. The van der Waals surface area contributed by atoms with E-state index < -0.39 is 0 Å². The van der Waals surface area contributed by atoms with Crippen LogP contribution < -0.4 is 0 Å². The number of thioether (sulfide) groups is 1. The van der Waals surface area contributed by atoms with Crippen LogP contribution in [0.3, 0.4) is 0 Å². The largest absolute Gasteiger partial charge is 0.376 e. The summed E-state index contributed by atoms with van der Waals surface area (Å²) in [4.78, 5) is 1.82. The molecule has 0 saturated heterocycles. The lowest BCUT2D eigenvalue weighted by Gasteiger charge is -2.07. The highest BCUT2D eigenvalue weighted by molar-refractivity contribution is 8.02. The van der Waals surface area contributed by atoms with Crippen LogP contribution in [-0.4, -0.2) is 22.6 Å². The third-order valence-corrected chi connectivity index (χ3v) is 1.58. The molecular weight excluding hydrogens is 110 g/mol. The predicted molar refractivity (Wildman–Crippen MR) is 30.5 cm³/mol. The summed E-state index contributed by atoms with van der Waals surface area (Å²) in [5, 5.41) is 10.4. The van der Waals surface area contributed by atoms with E-state index in [1.54, 1.807) is 11.8 Å². The van der Waals surface area contributed by atoms with Crippen LogP contribution in [-0.2, 0) is 0 Å². The van der Waals surface area contributed by atoms with Gasteiger partial charge in [-0.15, -0.1) is 11.8 Å². The van der Waals surface area contributed by atoms with Gasteiger partial charge in [-0.05, 0) is 5.41 Å². The molecule has 0 saturated carbocycles. The van der Waals surface area contributed by atoms with Crippen molar-refractivity contribution in [3.05, 3.63) is 11.6 Å². The maximum atomic E-state index is 8.43. The minimum Gasteiger partial charge on any atom is -0.376 e. The van der Waals surface area contributed by atoms with Gasteiger partial charge >= 0.3 is 0 Å². The maximum absolute atomic E-state index is 8.43. The zero-order chi connectivity index (χ0) is 5.11. The molecule has 0 atom stereocenters. The molecule has 1 aliphatic heterocycles. The van der Waals surface area contributed by atoms with Crippen LogP contribution in [0.4, 0.5) is 0 Å². The van der Waals surface area contributed by atoms with Crippen molar-refractivity contribution in [1.29, 1.82) is 0 Å². The first-order valence-corrected chi connectivity index (χ1v) is 3.11. The monoisotopic (exact) mass is 117 g/mol. The number of nitrogens with zero attached hydrogens (tertiary/aromatic N) is 1. The summed E-state index contributed by atoms with van der Waals surface area (Å²) in [7, 11) is 0. The Morgan fingerprint density at radius 1 is 1.86 bits per heavy atom. The molecule has 0 aromatic heterocycles. The van der Waals surface area contributed by atoms with Crippen LogP contribution in [0.2, 0.25) is 0 Å². The third kappa shape index (κ3) is 1.11. The van der Waals surface area contributed by atoms with Gasteiger partial charge in [0.05, 0.1) is 5.88 Å². The van der Waals surface area contributed by atoms with E-state index in [2.05, 4.69) is 0 Å². The minimum atomic E-state index is 0.142. The Hall–Kier alpha value is -0.150. The standard InChI is InChI=1S/C4H7NOS/c6-3-5-1-2-7-4-5/h1-2,6H,3-4H2. The third-order valence-electron chi connectivity index (χ3n) is 0.790. The Bertz CT molecular complexity index is 83.8. The van der Waals surface area contributed by atoms with Gasteiger partial charge in [0.15, 0.2) is 0 Å². The fourth-order valence-corrected chi connectivity index (χ4v) is 1.10. The number of aliphatic hydroxyl groups excluding tert-OH is 1. The van der Waals surface area contributed by atoms with Crippen LogP contribution in [0.5, 0.6) is 0 Å². The Morgan fingerprint density at radius 3 is 3.00 bits per heavy atom. The van der Waals surface area contributed by atoms with E-state index in [1.165, 1.54) is 0 Å². The molecule has 0 unspecified atom stereocenters. The Balaban J connectivity index is 2.28. The highest BCUT2D eigenvalue weighted by atomic mass is 32.2. The topological polar surface area (TPSA) is 23.5 Å². The van der Waals surface area contributed by atoms with Crippen molar-refractivity contribution in [2.75, 3.05) is 12.6 Å². The Morgan fingerprint density at radius 2 is 2.71 bits per heavy atom. The molecule has 0 aromatic carbocycles. The van der Waals surface area contributed by atoms with Gasteiger partial charge in [0.2, 0.25) is 0 Å². The van der Waals surface area contributed by atoms with Gasteiger partial charge in [-0.25, -0.2) is 0 Å². The number of aliphatic hydroxyl groups is 1. The lowest BCUT2D eigenvalue weighted by Crippen LogP contribution is -2.13. The highest BCUT2D eigenvalue weighted by Crippen LogP contribution is 2.12. The molecule has 0 aliphatic carbocycles. The zero-order valence-electron chi connectivity index (χ0n) is 3.87. The fourth-order valence-electron chi connectivity index (χ4n) is 0.399. The second-order valence-electron chi connectivity index (χ2n) is 1.31. The van der Waals surface area contributed by atoms with E-state index >= 15 is 0 Å². The number of hydrogen-bond donors (Lipinski definition) is 1. The van der Waals surface area contributed by atoms with E-state index in [9.17, 15) is 0 Å².